The van der Waals surface area contributed by atoms with Gasteiger partial charge in [-0.3, -0.25) is 10.0 Å². The molecule has 0 heterocycles. The van der Waals surface area contributed by atoms with Crippen LogP contribution in [0.3, 0.4) is 0 Å². The number of benzene rings is 1. The Morgan fingerprint density at radius 2 is 2.23 bits per heavy atom. The van der Waals surface area contributed by atoms with Crippen molar-refractivity contribution in [2.75, 3.05) is 7.11 Å². The average Bonchev–Trinajstić information content (AvgIpc) is 2.17. The van der Waals surface area contributed by atoms with E-state index in [4.69, 9.17) is 9.94 Å². The lowest BCUT2D eigenvalue weighted by Gasteiger charge is -2.05. The van der Waals surface area contributed by atoms with Crippen molar-refractivity contribution < 1.29 is 14.7 Å². The van der Waals surface area contributed by atoms with Gasteiger partial charge in [0.05, 0.1) is 7.11 Å². The highest BCUT2D eigenvalue weighted by atomic mass is 16.5. The molecule has 0 aliphatic carbocycles. The van der Waals surface area contributed by atoms with Crippen LogP contribution in [0.4, 0.5) is 0 Å². The highest BCUT2D eigenvalue weighted by Crippen LogP contribution is 2.18. The number of carbonyl (C=O) groups is 1. The molecule has 0 aliphatic heterocycles. The largest absolute Gasteiger partial charge is 0.496 e. The molecule has 13 heavy (non-hydrogen) atoms. The van der Waals surface area contributed by atoms with E-state index in [0.717, 1.165) is 5.56 Å². The summed E-state index contributed by atoms with van der Waals surface area (Å²) >= 11 is 0. The molecule has 0 aliphatic rings. The summed E-state index contributed by atoms with van der Waals surface area (Å²) in [4.78, 5) is 11.0. The van der Waals surface area contributed by atoms with E-state index in [1.165, 1.54) is 7.11 Å². The van der Waals surface area contributed by atoms with Crippen LogP contribution < -0.4 is 10.2 Å². The van der Waals surface area contributed by atoms with Gasteiger partial charge in [-0.25, -0.2) is 5.48 Å². The second kappa shape index (κ2) is 3.91. The number of ether oxygens (including phenoxy) is 1. The number of methoxy groups -OCH3 is 1. The zero-order valence-corrected chi connectivity index (χ0v) is 7.50. The third kappa shape index (κ3) is 1.97. The fraction of sp³-hybridized carbons (Fsp3) is 0.222. The molecular weight excluding hydrogens is 170 g/mol. The van der Waals surface area contributed by atoms with Gasteiger partial charge in [0.1, 0.15) is 5.75 Å². The van der Waals surface area contributed by atoms with Crippen molar-refractivity contribution in [2.45, 2.75) is 6.92 Å². The number of amides is 1. The third-order valence-corrected chi connectivity index (χ3v) is 1.77. The lowest BCUT2D eigenvalue weighted by atomic mass is 10.1. The second-order valence-electron chi connectivity index (χ2n) is 2.63. The number of carbonyl (C=O) groups excluding carboxylic acids is 1. The molecule has 1 aromatic carbocycles. The van der Waals surface area contributed by atoms with Crippen molar-refractivity contribution >= 4 is 5.91 Å². The number of aryl methyl sites for hydroxylation is 1. The minimum absolute atomic E-state index is 0.366. The number of hydrogen-bond donors (Lipinski definition) is 2. The van der Waals surface area contributed by atoms with Crippen LogP contribution in [0, 0.1) is 6.92 Å². The van der Waals surface area contributed by atoms with Gasteiger partial charge in [0, 0.05) is 5.56 Å². The first-order valence-electron chi connectivity index (χ1n) is 3.78. The van der Waals surface area contributed by atoms with E-state index in [1.54, 1.807) is 23.7 Å². The first-order chi connectivity index (χ1) is 6.19. The van der Waals surface area contributed by atoms with Gasteiger partial charge >= 0.3 is 0 Å². The number of rotatable bonds is 2. The van der Waals surface area contributed by atoms with Crippen LogP contribution in [0.25, 0.3) is 0 Å². The summed E-state index contributed by atoms with van der Waals surface area (Å²) in [5.41, 5.74) is 2.86. The van der Waals surface area contributed by atoms with Crippen molar-refractivity contribution in [1.82, 2.24) is 5.48 Å². The molecule has 1 rings (SSSR count). The minimum atomic E-state index is -0.543. The summed E-state index contributed by atoms with van der Waals surface area (Å²) in [6.07, 6.45) is 0. The molecule has 0 atom stereocenters. The fourth-order valence-electron chi connectivity index (χ4n) is 1.03. The summed E-state index contributed by atoms with van der Waals surface area (Å²) in [7, 11) is 1.53. The van der Waals surface area contributed by atoms with E-state index in [-0.39, 0.29) is 0 Å². The van der Waals surface area contributed by atoms with Gasteiger partial charge < -0.3 is 4.74 Å². The predicted octanol–water partition coefficient (Wildman–Crippen LogP) is 1.12. The summed E-state index contributed by atoms with van der Waals surface area (Å²) in [6.45, 7) is 1.87. The van der Waals surface area contributed by atoms with Crippen LogP contribution in [0.15, 0.2) is 18.2 Å². The van der Waals surface area contributed by atoms with Crippen LogP contribution >= 0.6 is 0 Å². The van der Waals surface area contributed by atoms with Gasteiger partial charge in [-0.1, -0.05) is 6.07 Å². The molecule has 0 aromatic heterocycles. The van der Waals surface area contributed by atoms with Crippen LogP contribution in [-0.2, 0) is 0 Å². The van der Waals surface area contributed by atoms with E-state index in [0.29, 0.717) is 11.3 Å². The standard InChI is InChI=1S/C9H11NO3/c1-6-3-4-7(9(11)10-12)5-8(6)13-2/h3-5,12H,1-2H3,(H,10,11). The molecule has 0 spiro atoms. The quantitative estimate of drug-likeness (QED) is 0.531. The maximum atomic E-state index is 11.0. The molecule has 1 aromatic rings. The molecular formula is C9H11NO3. The van der Waals surface area contributed by atoms with Gasteiger partial charge in [0.25, 0.3) is 5.91 Å². The summed E-state index contributed by atoms with van der Waals surface area (Å²) < 4.78 is 5.02. The highest BCUT2D eigenvalue weighted by Gasteiger charge is 2.06. The van der Waals surface area contributed by atoms with Gasteiger partial charge in [-0.15, -0.1) is 0 Å². The molecule has 70 valence electrons. The van der Waals surface area contributed by atoms with Gasteiger partial charge in [-0.2, -0.15) is 0 Å². The fourth-order valence-corrected chi connectivity index (χ4v) is 1.03. The summed E-state index contributed by atoms with van der Waals surface area (Å²) in [6, 6.07) is 4.94. The smallest absolute Gasteiger partial charge is 0.274 e. The Morgan fingerprint density at radius 1 is 1.54 bits per heavy atom. The van der Waals surface area contributed by atoms with E-state index < -0.39 is 5.91 Å². The average molecular weight is 181 g/mol. The van der Waals surface area contributed by atoms with E-state index in [2.05, 4.69) is 0 Å². The Hall–Kier alpha value is -1.55. The predicted molar refractivity (Wildman–Crippen MR) is 47.0 cm³/mol. The van der Waals surface area contributed by atoms with E-state index in [9.17, 15) is 4.79 Å². The van der Waals surface area contributed by atoms with Crippen molar-refractivity contribution in [3.05, 3.63) is 29.3 Å². The van der Waals surface area contributed by atoms with Gasteiger partial charge in [0.15, 0.2) is 0 Å². The molecule has 0 saturated carbocycles. The maximum Gasteiger partial charge on any atom is 0.274 e. The third-order valence-electron chi connectivity index (χ3n) is 1.77. The lowest BCUT2D eigenvalue weighted by molar-refractivity contribution is 0.0706. The number of hydrogen-bond acceptors (Lipinski definition) is 3. The normalized spacial score (nSPS) is 9.46. The lowest BCUT2D eigenvalue weighted by Crippen LogP contribution is -2.18. The molecule has 0 bridgehead atoms. The van der Waals surface area contributed by atoms with Crippen LogP contribution in [0.2, 0.25) is 0 Å². The topological polar surface area (TPSA) is 58.6 Å². The zero-order chi connectivity index (χ0) is 9.84. The van der Waals surface area contributed by atoms with E-state index >= 15 is 0 Å². The molecule has 0 unspecified atom stereocenters. The minimum Gasteiger partial charge on any atom is -0.496 e. The van der Waals surface area contributed by atoms with Gasteiger partial charge in [0.2, 0.25) is 0 Å². The molecule has 1 amide bonds. The molecule has 2 N–H and O–H groups in total. The first-order valence-corrected chi connectivity index (χ1v) is 3.78. The summed E-state index contributed by atoms with van der Waals surface area (Å²) in [5, 5.41) is 8.38. The molecule has 0 radical (unpaired) electrons. The number of nitrogens with one attached hydrogen (secondary N) is 1. The molecule has 4 heteroatoms. The first kappa shape index (κ1) is 9.54. The monoisotopic (exact) mass is 181 g/mol. The van der Waals surface area contributed by atoms with Crippen LogP contribution in [0.1, 0.15) is 15.9 Å². The Balaban J connectivity index is 3.06. The van der Waals surface area contributed by atoms with E-state index in [1.807, 2.05) is 6.92 Å². The second-order valence-corrected chi connectivity index (χ2v) is 2.63. The van der Waals surface area contributed by atoms with Crippen LogP contribution in [-0.4, -0.2) is 18.2 Å². The Morgan fingerprint density at radius 3 is 2.77 bits per heavy atom. The molecule has 0 fully saturated rings. The Bertz CT molecular complexity index is 323. The van der Waals surface area contributed by atoms with Gasteiger partial charge in [-0.05, 0) is 24.6 Å². The number of hydroxylamine groups is 1. The highest BCUT2D eigenvalue weighted by molar-refractivity contribution is 5.93. The molecule has 4 nitrogen and oxygen atoms in total. The SMILES string of the molecule is COc1cc(C(=O)NO)ccc1C. The maximum absolute atomic E-state index is 11.0. The Kier molecular flexibility index (Phi) is 2.87. The van der Waals surface area contributed by atoms with Crippen molar-refractivity contribution in [1.29, 1.82) is 0 Å². The zero-order valence-electron chi connectivity index (χ0n) is 7.50. The summed E-state index contributed by atoms with van der Waals surface area (Å²) in [5.74, 6) is 0.0828. The van der Waals surface area contributed by atoms with Crippen molar-refractivity contribution in [3.63, 3.8) is 0 Å². The van der Waals surface area contributed by atoms with Crippen molar-refractivity contribution in [3.8, 4) is 5.75 Å². The Labute approximate surface area is 76.1 Å². The van der Waals surface area contributed by atoms with Crippen LogP contribution in [0.5, 0.6) is 5.75 Å². The van der Waals surface area contributed by atoms with Crippen molar-refractivity contribution in [2.24, 2.45) is 0 Å². The molecule has 0 saturated heterocycles.